The van der Waals surface area contributed by atoms with Gasteiger partial charge in [0.15, 0.2) is 0 Å². The lowest BCUT2D eigenvalue weighted by Gasteiger charge is -2.22. The van der Waals surface area contributed by atoms with Gasteiger partial charge in [-0.2, -0.15) is 0 Å². The molecule has 104 valence electrons. The first-order valence-corrected chi connectivity index (χ1v) is 8.13. The smallest absolute Gasteiger partial charge is 0.119 e. The topological polar surface area (TPSA) is 21.3 Å². The number of nitrogens with one attached hydrogen (secondary N) is 1. The van der Waals surface area contributed by atoms with Crippen LogP contribution in [0.1, 0.15) is 24.8 Å². The molecule has 0 amide bonds. The second kappa shape index (κ2) is 5.84. The van der Waals surface area contributed by atoms with Crippen molar-refractivity contribution in [3.05, 3.63) is 28.2 Å². The molecule has 1 N–H and O–H groups in total. The Morgan fingerprint density at radius 1 is 1.32 bits per heavy atom. The quantitative estimate of drug-likeness (QED) is 0.910. The molecular weight excluding hydrogens is 302 g/mol. The molecule has 1 aliphatic heterocycles. The van der Waals surface area contributed by atoms with E-state index in [4.69, 9.17) is 4.74 Å². The molecule has 2 aliphatic rings. The first kappa shape index (κ1) is 13.4. The number of rotatable bonds is 4. The fraction of sp³-hybridized carbons (Fsp3) is 0.625. The van der Waals surface area contributed by atoms with Gasteiger partial charge in [-0.25, -0.2) is 0 Å². The van der Waals surface area contributed by atoms with Crippen LogP contribution in [0.4, 0.5) is 0 Å². The molecule has 0 aromatic heterocycles. The largest absolute Gasteiger partial charge is 0.493 e. The van der Waals surface area contributed by atoms with E-state index in [1.54, 1.807) is 0 Å². The van der Waals surface area contributed by atoms with Gasteiger partial charge in [0.25, 0.3) is 0 Å². The minimum atomic E-state index is 0.798. The second-order valence-electron chi connectivity index (χ2n) is 5.97. The van der Waals surface area contributed by atoms with E-state index in [2.05, 4.69) is 46.4 Å². The van der Waals surface area contributed by atoms with E-state index in [9.17, 15) is 0 Å². The lowest BCUT2D eigenvalue weighted by atomic mass is 9.92. The SMILES string of the molecule is Cc1cc(OC[C@H]2C[C@@H]2C2CCNCC2)ccc1Br. The highest BCUT2D eigenvalue weighted by molar-refractivity contribution is 9.10. The van der Waals surface area contributed by atoms with Crippen LogP contribution < -0.4 is 10.1 Å². The van der Waals surface area contributed by atoms with Crippen LogP contribution in [0.2, 0.25) is 0 Å². The molecule has 2 atom stereocenters. The summed E-state index contributed by atoms with van der Waals surface area (Å²) >= 11 is 3.52. The van der Waals surface area contributed by atoms with Crippen LogP contribution in [0.3, 0.4) is 0 Å². The molecule has 1 saturated heterocycles. The van der Waals surface area contributed by atoms with Crippen molar-refractivity contribution in [1.82, 2.24) is 5.32 Å². The van der Waals surface area contributed by atoms with E-state index in [0.29, 0.717) is 0 Å². The lowest BCUT2D eigenvalue weighted by Crippen LogP contribution is -2.29. The zero-order chi connectivity index (χ0) is 13.2. The molecule has 1 aromatic carbocycles. The maximum Gasteiger partial charge on any atom is 0.119 e. The number of hydrogen-bond acceptors (Lipinski definition) is 2. The van der Waals surface area contributed by atoms with Crippen molar-refractivity contribution < 1.29 is 4.74 Å². The third-order valence-electron chi connectivity index (χ3n) is 4.56. The zero-order valence-corrected chi connectivity index (χ0v) is 13.1. The number of aryl methyl sites for hydroxylation is 1. The Hall–Kier alpha value is -0.540. The summed E-state index contributed by atoms with van der Waals surface area (Å²) in [4.78, 5) is 0. The molecule has 0 unspecified atom stereocenters. The van der Waals surface area contributed by atoms with Crippen molar-refractivity contribution in [3.63, 3.8) is 0 Å². The van der Waals surface area contributed by atoms with E-state index < -0.39 is 0 Å². The molecule has 2 fully saturated rings. The van der Waals surface area contributed by atoms with Crippen molar-refractivity contribution >= 4 is 15.9 Å². The standard InChI is InChI=1S/C16H22BrNO/c1-11-8-14(2-3-16(11)17)19-10-13-9-15(13)12-4-6-18-7-5-12/h2-3,8,12-13,15,18H,4-7,9-10H2,1H3/t13-,15-/m1/s1. The molecule has 1 aromatic rings. The number of hydrogen-bond donors (Lipinski definition) is 1. The van der Waals surface area contributed by atoms with Crippen molar-refractivity contribution in [3.8, 4) is 5.75 Å². The Kier molecular flexibility index (Phi) is 4.13. The van der Waals surface area contributed by atoms with Gasteiger partial charge < -0.3 is 10.1 Å². The Bertz CT molecular complexity index is 442. The summed E-state index contributed by atoms with van der Waals surface area (Å²) in [6, 6.07) is 6.24. The first-order chi connectivity index (χ1) is 9.24. The van der Waals surface area contributed by atoms with Gasteiger partial charge in [-0.15, -0.1) is 0 Å². The fourth-order valence-electron chi connectivity index (χ4n) is 3.22. The maximum absolute atomic E-state index is 5.95. The minimum Gasteiger partial charge on any atom is -0.493 e. The molecule has 19 heavy (non-hydrogen) atoms. The van der Waals surface area contributed by atoms with Crippen molar-refractivity contribution in [2.45, 2.75) is 26.2 Å². The van der Waals surface area contributed by atoms with Gasteiger partial charge in [0, 0.05) is 4.47 Å². The summed E-state index contributed by atoms with van der Waals surface area (Å²) in [5.74, 6) is 3.68. The predicted molar refractivity (Wildman–Crippen MR) is 81.6 cm³/mol. The van der Waals surface area contributed by atoms with Gasteiger partial charge in [0.1, 0.15) is 5.75 Å². The molecule has 2 nitrogen and oxygen atoms in total. The monoisotopic (exact) mass is 323 g/mol. The van der Waals surface area contributed by atoms with Gasteiger partial charge in [-0.05, 0) is 80.8 Å². The minimum absolute atomic E-state index is 0.798. The summed E-state index contributed by atoms with van der Waals surface area (Å²) in [6.45, 7) is 5.42. The Morgan fingerprint density at radius 2 is 2.11 bits per heavy atom. The fourth-order valence-corrected chi connectivity index (χ4v) is 3.47. The van der Waals surface area contributed by atoms with Crippen LogP contribution in [0.5, 0.6) is 5.75 Å². The maximum atomic E-state index is 5.95. The van der Waals surface area contributed by atoms with Gasteiger partial charge in [0.2, 0.25) is 0 Å². The van der Waals surface area contributed by atoms with Crippen molar-refractivity contribution in [2.24, 2.45) is 17.8 Å². The second-order valence-corrected chi connectivity index (χ2v) is 6.82. The van der Waals surface area contributed by atoms with Crippen molar-refractivity contribution in [2.75, 3.05) is 19.7 Å². The highest BCUT2D eigenvalue weighted by atomic mass is 79.9. The number of piperidine rings is 1. The molecular formula is C16H22BrNO. The highest BCUT2D eigenvalue weighted by Crippen LogP contribution is 2.47. The summed E-state index contributed by atoms with van der Waals surface area (Å²) in [5.41, 5.74) is 1.24. The van der Waals surface area contributed by atoms with Crippen LogP contribution in [-0.2, 0) is 0 Å². The third kappa shape index (κ3) is 3.32. The molecule has 1 aliphatic carbocycles. The number of benzene rings is 1. The average molecular weight is 324 g/mol. The molecule has 3 heteroatoms. The van der Waals surface area contributed by atoms with E-state index >= 15 is 0 Å². The van der Waals surface area contributed by atoms with E-state index in [-0.39, 0.29) is 0 Å². The molecule has 1 heterocycles. The van der Waals surface area contributed by atoms with E-state index in [1.165, 1.54) is 37.9 Å². The zero-order valence-electron chi connectivity index (χ0n) is 11.5. The average Bonchev–Trinajstić information content (AvgIpc) is 3.21. The van der Waals surface area contributed by atoms with Crippen LogP contribution in [-0.4, -0.2) is 19.7 Å². The summed E-state index contributed by atoms with van der Waals surface area (Å²) in [6.07, 6.45) is 4.09. The van der Waals surface area contributed by atoms with Gasteiger partial charge in [-0.1, -0.05) is 15.9 Å². The highest BCUT2D eigenvalue weighted by Gasteiger charge is 2.43. The molecule has 0 bridgehead atoms. The summed E-state index contributed by atoms with van der Waals surface area (Å²) in [7, 11) is 0. The normalized spacial score (nSPS) is 27.3. The van der Waals surface area contributed by atoms with E-state index in [1.807, 2.05) is 0 Å². The van der Waals surface area contributed by atoms with Gasteiger partial charge in [0.05, 0.1) is 6.61 Å². The molecule has 0 radical (unpaired) electrons. The number of halogens is 1. The Labute approximate surface area is 124 Å². The van der Waals surface area contributed by atoms with Crippen LogP contribution in [0.15, 0.2) is 22.7 Å². The van der Waals surface area contributed by atoms with E-state index in [0.717, 1.165) is 34.6 Å². The molecule has 1 saturated carbocycles. The Morgan fingerprint density at radius 3 is 2.84 bits per heavy atom. The summed E-state index contributed by atoms with van der Waals surface area (Å²) < 4.78 is 7.10. The third-order valence-corrected chi connectivity index (χ3v) is 5.45. The first-order valence-electron chi connectivity index (χ1n) is 7.33. The number of ether oxygens (including phenoxy) is 1. The molecule has 0 spiro atoms. The lowest BCUT2D eigenvalue weighted by molar-refractivity contribution is 0.262. The summed E-state index contributed by atoms with van der Waals surface area (Å²) in [5, 5.41) is 3.45. The van der Waals surface area contributed by atoms with Crippen LogP contribution in [0.25, 0.3) is 0 Å². The van der Waals surface area contributed by atoms with Crippen molar-refractivity contribution in [1.29, 1.82) is 0 Å². The van der Waals surface area contributed by atoms with Crippen LogP contribution >= 0.6 is 15.9 Å². The van der Waals surface area contributed by atoms with Gasteiger partial charge in [-0.3, -0.25) is 0 Å². The van der Waals surface area contributed by atoms with Crippen LogP contribution in [0, 0.1) is 24.7 Å². The predicted octanol–water partition coefficient (Wildman–Crippen LogP) is 3.77. The Balaban J connectivity index is 1.47. The van der Waals surface area contributed by atoms with Gasteiger partial charge >= 0.3 is 0 Å². The molecule has 3 rings (SSSR count).